The van der Waals surface area contributed by atoms with Crippen LogP contribution in [0.1, 0.15) is 11.3 Å². The fourth-order valence-corrected chi connectivity index (χ4v) is 2.69. The van der Waals surface area contributed by atoms with Crippen LogP contribution in [0.3, 0.4) is 0 Å². The molecule has 2 aromatic carbocycles. The fourth-order valence-electron chi connectivity index (χ4n) is 2.69. The first-order valence-corrected chi connectivity index (χ1v) is 7.64. The minimum Gasteiger partial charge on any atom is -0.508 e. The van der Waals surface area contributed by atoms with Crippen LogP contribution in [-0.4, -0.2) is 28.4 Å². The first-order valence-electron chi connectivity index (χ1n) is 7.64. The highest BCUT2D eigenvalue weighted by molar-refractivity contribution is 5.61. The van der Waals surface area contributed by atoms with Crippen molar-refractivity contribution in [3.8, 4) is 17.0 Å². The number of imidazole rings is 1. The Kier molecular flexibility index (Phi) is 4.74. The minimum atomic E-state index is 0.282. The SMILES string of the molecule is COCCc1c(-c2ccccc2)ncn1Cc1cccc(O)c1. The van der Waals surface area contributed by atoms with E-state index in [2.05, 4.69) is 21.7 Å². The molecule has 0 unspecified atom stereocenters. The van der Waals surface area contributed by atoms with E-state index in [1.165, 1.54) is 0 Å². The molecule has 0 aliphatic carbocycles. The van der Waals surface area contributed by atoms with Gasteiger partial charge in [-0.05, 0) is 17.7 Å². The number of phenolic OH excluding ortho intramolecular Hbond substituents is 1. The van der Waals surface area contributed by atoms with E-state index in [4.69, 9.17) is 4.74 Å². The number of phenols is 1. The summed E-state index contributed by atoms with van der Waals surface area (Å²) in [6, 6.07) is 17.5. The first-order chi connectivity index (χ1) is 11.3. The van der Waals surface area contributed by atoms with E-state index in [1.807, 2.05) is 36.7 Å². The van der Waals surface area contributed by atoms with Crippen LogP contribution in [0, 0.1) is 0 Å². The van der Waals surface area contributed by atoms with E-state index < -0.39 is 0 Å². The van der Waals surface area contributed by atoms with Crippen LogP contribution in [0.2, 0.25) is 0 Å². The third kappa shape index (κ3) is 3.60. The molecule has 0 fully saturated rings. The third-order valence-electron chi connectivity index (χ3n) is 3.80. The van der Waals surface area contributed by atoms with E-state index in [0.29, 0.717) is 13.2 Å². The van der Waals surface area contributed by atoms with Gasteiger partial charge in [0.15, 0.2) is 0 Å². The summed E-state index contributed by atoms with van der Waals surface area (Å²) in [6.45, 7) is 1.32. The van der Waals surface area contributed by atoms with Crippen molar-refractivity contribution in [3.63, 3.8) is 0 Å². The number of rotatable bonds is 6. The average Bonchev–Trinajstić information content (AvgIpc) is 2.96. The van der Waals surface area contributed by atoms with Gasteiger partial charge in [-0.25, -0.2) is 4.98 Å². The maximum atomic E-state index is 9.64. The van der Waals surface area contributed by atoms with Crippen molar-refractivity contribution in [1.29, 1.82) is 0 Å². The highest BCUT2D eigenvalue weighted by Gasteiger charge is 2.13. The second kappa shape index (κ2) is 7.11. The molecule has 0 radical (unpaired) electrons. The molecule has 23 heavy (non-hydrogen) atoms. The molecule has 0 spiro atoms. The summed E-state index contributed by atoms with van der Waals surface area (Å²) in [7, 11) is 1.71. The summed E-state index contributed by atoms with van der Waals surface area (Å²) >= 11 is 0. The van der Waals surface area contributed by atoms with Gasteiger partial charge in [0.25, 0.3) is 0 Å². The highest BCUT2D eigenvalue weighted by Crippen LogP contribution is 2.24. The third-order valence-corrected chi connectivity index (χ3v) is 3.80. The lowest BCUT2D eigenvalue weighted by molar-refractivity contribution is 0.200. The summed E-state index contributed by atoms with van der Waals surface area (Å²) in [5.41, 5.74) is 4.28. The topological polar surface area (TPSA) is 47.3 Å². The number of hydrogen-bond donors (Lipinski definition) is 1. The van der Waals surface area contributed by atoms with Gasteiger partial charge in [-0.2, -0.15) is 0 Å². The summed E-state index contributed by atoms with van der Waals surface area (Å²) in [5.74, 6) is 0.282. The number of hydrogen-bond acceptors (Lipinski definition) is 3. The number of nitrogens with zero attached hydrogens (tertiary/aromatic N) is 2. The minimum absolute atomic E-state index is 0.282. The molecule has 1 N–H and O–H groups in total. The molecule has 0 amide bonds. The van der Waals surface area contributed by atoms with Gasteiger partial charge in [-0.15, -0.1) is 0 Å². The molecule has 0 atom stereocenters. The van der Waals surface area contributed by atoms with Crippen LogP contribution >= 0.6 is 0 Å². The smallest absolute Gasteiger partial charge is 0.115 e. The van der Waals surface area contributed by atoms with Gasteiger partial charge in [-0.3, -0.25) is 0 Å². The summed E-state index contributed by atoms with van der Waals surface area (Å²) in [6.07, 6.45) is 2.65. The predicted molar refractivity (Wildman–Crippen MR) is 90.5 cm³/mol. The molecule has 118 valence electrons. The molecule has 0 saturated heterocycles. The average molecular weight is 308 g/mol. The zero-order valence-corrected chi connectivity index (χ0v) is 13.1. The van der Waals surface area contributed by atoms with Crippen molar-refractivity contribution in [3.05, 3.63) is 72.2 Å². The number of benzene rings is 2. The van der Waals surface area contributed by atoms with Crippen molar-refractivity contribution < 1.29 is 9.84 Å². The van der Waals surface area contributed by atoms with Gasteiger partial charge in [0.05, 0.1) is 18.6 Å². The molecule has 1 heterocycles. The van der Waals surface area contributed by atoms with E-state index in [0.717, 1.165) is 28.9 Å². The van der Waals surface area contributed by atoms with E-state index in [-0.39, 0.29) is 5.75 Å². The Labute approximate surface area is 136 Å². The van der Waals surface area contributed by atoms with Crippen LogP contribution in [-0.2, 0) is 17.7 Å². The molecular weight excluding hydrogens is 288 g/mol. The van der Waals surface area contributed by atoms with E-state index in [9.17, 15) is 5.11 Å². The Balaban J connectivity index is 1.95. The van der Waals surface area contributed by atoms with Crippen LogP contribution in [0.5, 0.6) is 5.75 Å². The summed E-state index contributed by atoms with van der Waals surface area (Å²) in [4.78, 5) is 4.60. The zero-order chi connectivity index (χ0) is 16.1. The van der Waals surface area contributed by atoms with Gasteiger partial charge >= 0.3 is 0 Å². The Morgan fingerprint density at radius 2 is 1.91 bits per heavy atom. The van der Waals surface area contributed by atoms with Gasteiger partial charge in [-0.1, -0.05) is 42.5 Å². The molecule has 0 aliphatic heterocycles. The van der Waals surface area contributed by atoms with Crippen molar-refractivity contribution in [2.75, 3.05) is 13.7 Å². The standard InChI is InChI=1S/C19H20N2O2/c1-23-11-10-18-19(16-7-3-2-4-8-16)20-14-21(18)13-15-6-5-9-17(22)12-15/h2-9,12,14,22H,10-11,13H2,1H3. The molecule has 3 aromatic rings. The first kappa shape index (κ1) is 15.3. The lowest BCUT2D eigenvalue weighted by Gasteiger charge is -2.10. The monoisotopic (exact) mass is 308 g/mol. The molecule has 4 heteroatoms. The van der Waals surface area contributed by atoms with Crippen molar-refractivity contribution in [2.24, 2.45) is 0 Å². The Morgan fingerprint density at radius 3 is 2.65 bits per heavy atom. The normalized spacial score (nSPS) is 10.8. The van der Waals surface area contributed by atoms with Crippen LogP contribution < -0.4 is 0 Å². The Bertz CT molecular complexity index is 766. The Morgan fingerprint density at radius 1 is 1.09 bits per heavy atom. The number of ether oxygens (including phenoxy) is 1. The lowest BCUT2D eigenvalue weighted by Crippen LogP contribution is -2.07. The molecule has 0 bridgehead atoms. The fraction of sp³-hybridized carbons (Fsp3) is 0.211. The van der Waals surface area contributed by atoms with Crippen LogP contribution in [0.15, 0.2) is 60.9 Å². The van der Waals surface area contributed by atoms with Crippen LogP contribution in [0.4, 0.5) is 0 Å². The van der Waals surface area contributed by atoms with Crippen LogP contribution in [0.25, 0.3) is 11.3 Å². The molecule has 1 aromatic heterocycles. The second-order valence-electron chi connectivity index (χ2n) is 5.45. The number of methoxy groups -OCH3 is 1. The number of aromatic nitrogens is 2. The summed E-state index contributed by atoms with van der Waals surface area (Å²) in [5, 5.41) is 9.64. The predicted octanol–water partition coefficient (Wildman–Crippen LogP) is 3.49. The van der Waals surface area contributed by atoms with Gasteiger partial charge in [0, 0.05) is 31.3 Å². The molecule has 0 saturated carbocycles. The molecule has 3 rings (SSSR count). The van der Waals surface area contributed by atoms with E-state index in [1.54, 1.807) is 19.2 Å². The largest absolute Gasteiger partial charge is 0.508 e. The Hall–Kier alpha value is -2.59. The molecule has 4 nitrogen and oxygen atoms in total. The lowest BCUT2D eigenvalue weighted by atomic mass is 10.1. The van der Waals surface area contributed by atoms with Crippen molar-refractivity contribution >= 4 is 0 Å². The van der Waals surface area contributed by atoms with Crippen molar-refractivity contribution in [2.45, 2.75) is 13.0 Å². The molecular formula is C19H20N2O2. The highest BCUT2D eigenvalue weighted by atomic mass is 16.5. The maximum absolute atomic E-state index is 9.64. The molecule has 0 aliphatic rings. The van der Waals surface area contributed by atoms with Crippen molar-refractivity contribution in [1.82, 2.24) is 9.55 Å². The second-order valence-corrected chi connectivity index (χ2v) is 5.45. The van der Waals surface area contributed by atoms with Gasteiger partial charge < -0.3 is 14.4 Å². The van der Waals surface area contributed by atoms with Gasteiger partial charge in [0.2, 0.25) is 0 Å². The zero-order valence-electron chi connectivity index (χ0n) is 13.1. The maximum Gasteiger partial charge on any atom is 0.115 e. The van der Waals surface area contributed by atoms with Gasteiger partial charge in [0.1, 0.15) is 5.75 Å². The summed E-state index contributed by atoms with van der Waals surface area (Å²) < 4.78 is 7.37. The number of aromatic hydroxyl groups is 1. The van der Waals surface area contributed by atoms with E-state index >= 15 is 0 Å². The quantitative estimate of drug-likeness (QED) is 0.758.